The van der Waals surface area contributed by atoms with Gasteiger partial charge in [0.05, 0.1) is 4.90 Å². The molecule has 2 unspecified atom stereocenters. The fourth-order valence-electron chi connectivity index (χ4n) is 3.23. The van der Waals surface area contributed by atoms with E-state index in [0.29, 0.717) is 30.0 Å². The molecule has 2 aromatic rings. The van der Waals surface area contributed by atoms with Gasteiger partial charge in [-0.05, 0) is 49.1 Å². The normalized spacial score (nSPS) is 20.9. The van der Waals surface area contributed by atoms with Crippen LogP contribution in [0.2, 0.25) is 0 Å². The fraction of sp³-hybridized carbons (Fsp3) is 0.333. The third-order valence-electron chi connectivity index (χ3n) is 4.52. The molecule has 1 aliphatic heterocycles. The summed E-state index contributed by atoms with van der Waals surface area (Å²) in [6, 6.07) is 10.1. The molecule has 2 aromatic carbocycles. The minimum absolute atomic E-state index is 0.224. The smallest absolute Gasteiger partial charge is 0.241 e. The maximum absolute atomic E-state index is 13.6. The molecule has 1 aliphatic rings. The van der Waals surface area contributed by atoms with Crippen LogP contribution in [-0.2, 0) is 10.0 Å². The first kappa shape index (κ1) is 19.3. The van der Waals surface area contributed by atoms with E-state index < -0.39 is 27.7 Å². The summed E-state index contributed by atoms with van der Waals surface area (Å²) in [4.78, 5) is 0.884. The number of thioether (sulfide) groups is 1. The quantitative estimate of drug-likeness (QED) is 0.760. The van der Waals surface area contributed by atoms with Crippen molar-refractivity contribution in [3.63, 3.8) is 0 Å². The maximum Gasteiger partial charge on any atom is 0.241 e. The largest absolute Gasteiger partial charge is 0.315 e. The van der Waals surface area contributed by atoms with Crippen LogP contribution in [0, 0.1) is 11.6 Å². The zero-order valence-corrected chi connectivity index (χ0v) is 15.8. The molecule has 26 heavy (non-hydrogen) atoms. The van der Waals surface area contributed by atoms with Crippen molar-refractivity contribution in [2.24, 2.45) is 0 Å². The summed E-state index contributed by atoms with van der Waals surface area (Å²) in [5, 5.41) is 3.16. The monoisotopic (exact) mass is 398 g/mol. The molecule has 0 radical (unpaired) electrons. The van der Waals surface area contributed by atoms with E-state index in [1.165, 1.54) is 17.8 Å². The highest BCUT2D eigenvalue weighted by atomic mass is 32.2. The van der Waals surface area contributed by atoms with Gasteiger partial charge in [-0.2, -0.15) is 0 Å². The van der Waals surface area contributed by atoms with Gasteiger partial charge in [0, 0.05) is 23.4 Å². The van der Waals surface area contributed by atoms with Crippen LogP contribution in [0.4, 0.5) is 8.78 Å². The van der Waals surface area contributed by atoms with Crippen LogP contribution in [0.25, 0.3) is 0 Å². The first-order valence-electron chi connectivity index (χ1n) is 8.23. The van der Waals surface area contributed by atoms with Crippen molar-refractivity contribution in [2.75, 3.05) is 19.3 Å². The van der Waals surface area contributed by atoms with Crippen molar-refractivity contribution >= 4 is 21.8 Å². The van der Waals surface area contributed by atoms with E-state index in [-0.39, 0.29) is 10.8 Å². The van der Waals surface area contributed by atoms with Gasteiger partial charge in [0.15, 0.2) is 11.6 Å². The van der Waals surface area contributed by atoms with Gasteiger partial charge in [-0.25, -0.2) is 21.9 Å². The number of sulfonamides is 1. The molecule has 2 atom stereocenters. The van der Waals surface area contributed by atoms with Gasteiger partial charge >= 0.3 is 0 Å². The van der Waals surface area contributed by atoms with Crippen molar-refractivity contribution < 1.29 is 17.2 Å². The van der Waals surface area contributed by atoms with E-state index in [1.54, 1.807) is 24.3 Å². The Bertz CT molecular complexity index is 891. The van der Waals surface area contributed by atoms with E-state index in [0.717, 1.165) is 12.1 Å². The Morgan fingerprint density at radius 1 is 1.15 bits per heavy atom. The third kappa shape index (κ3) is 4.09. The molecule has 1 saturated heterocycles. The predicted octanol–water partition coefficient (Wildman–Crippen LogP) is 3.11. The molecule has 1 fully saturated rings. The van der Waals surface area contributed by atoms with Gasteiger partial charge in [-0.15, -0.1) is 11.8 Å². The van der Waals surface area contributed by atoms with Crippen LogP contribution in [0.15, 0.2) is 52.3 Å². The summed E-state index contributed by atoms with van der Waals surface area (Å²) in [6.45, 7) is 1.10. The number of halogens is 2. The van der Waals surface area contributed by atoms with Gasteiger partial charge in [-0.1, -0.05) is 18.2 Å². The molecule has 0 bridgehead atoms. The van der Waals surface area contributed by atoms with Crippen molar-refractivity contribution in [3.8, 4) is 0 Å². The van der Waals surface area contributed by atoms with Gasteiger partial charge in [-0.3, -0.25) is 0 Å². The molecule has 2 N–H and O–H groups in total. The first-order chi connectivity index (χ1) is 12.4. The molecule has 0 amide bonds. The van der Waals surface area contributed by atoms with Crippen molar-refractivity contribution in [1.82, 2.24) is 10.0 Å². The molecule has 0 spiro atoms. The zero-order chi connectivity index (χ0) is 18.7. The second-order valence-corrected chi connectivity index (χ2v) is 8.68. The molecular formula is C18H20F2N2O2S2. The summed E-state index contributed by atoms with van der Waals surface area (Å²) in [5.74, 6) is -2.06. The lowest BCUT2D eigenvalue weighted by atomic mass is 9.86. The molecule has 8 heteroatoms. The zero-order valence-electron chi connectivity index (χ0n) is 14.2. The first-order valence-corrected chi connectivity index (χ1v) is 10.9. The number of benzene rings is 2. The van der Waals surface area contributed by atoms with E-state index in [1.807, 2.05) is 6.26 Å². The van der Waals surface area contributed by atoms with Gasteiger partial charge in [0.2, 0.25) is 10.0 Å². The minimum Gasteiger partial charge on any atom is -0.315 e. The average Bonchev–Trinajstić information content (AvgIpc) is 2.64. The van der Waals surface area contributed by atoms with E-state index in [4.69, 9.17) is 0 Å². The van der Waals surface area contributed by atoms with Gasteiger partial charge < -0.3 is 5.32 Å². The van der Waals surface area contributed by atoms with Crippen LogP contribution in [0.5, 0.6) is 0 Å². The maximum atomic E-state index is 13.6. The van der Waals surface area contributed by atoms with Crippen LogP contribution < -0.4 is 10.0 Å². The second kappa shape index (κ2) is 8.04. The Labute approximate surface area is 156 Å². The van der Waals surface area contributed by atoms with E-state index in [2.05, 4.69) is 10.0 Å². The highest BCUT2D eigenvalue weighted by Gasteiger charge is 2.31. The molecular weight excluding hydrogens is 378 g/mol. The standard InChI is InChI=1S/C18H20F2N2O2S2/c1-25-17-4-2-3-5-18(17)26(23,24)22-16-11-21-9-8-13(16)12-6-7-14(19)15(20)10-12/h2-7,10,13,16,21-22H,8-9,11H2,1H3. The van der Waals surface area contributed by atoms with Crippen LogP contribution >= 0.6 is 11.8 Å². The molecule has 0 aliphatic carbocycles. The third-order valence-corrected chi connectivity index (χ3v) is 6.99. The molecule has 1 heterocycles. The summed E-state index contributed by atoms with van der Waals surface area (Å²) >= 11 is 1.36. The van der Waals surface area contributed by atoms with E-state index >= 15 is 0 Å². The minimum atomic E-state index is -3.74. The Morgan fingerprint density at radius 3 is 2.65 bits per heavy atom. The summed E-state index contributed by atoms with van der Waals surface area (Å²) in [6.07, 6.45) is 2.45. The molecule has 0 saturated carbocycles. The topological polar surface area (TPSA) is 58.2 Å². The lowest BCUT2D eigenvalue weighted by Crippen LogP contribution is -2.50. The van der Waals surface area contributed by atoms with E-state index in [9.17, 15) is 17.2 Å². The lowest BCUT2D eigenvalue weighted by molar-refractivity contribution is 0.376. The Kier molecular flexibility index (Phi) is 5.96. The number of hydrogen-bond donors (Lipinski definition) is 2. The van der Waals surface area contributed by atoms with Crippen molar-refractivity contribution in [1.29, 1.82) is 0 Å². The summed E-state index contributed by atoms with van der Waals surface area (Å²) in [7, 11) is -3.74. The highest BCUT2D eigenvalue weighted by molar-refractivity contribution is 7.99. The number of nitrogens with one attached hydrogen (secondary N) is 2. The van der Waals surface area contributed by atoms with Crippen molar-refractivity contribution in [2.45, 2.75) is 28.2 Å². The highest BCUT2D eigenvalue weighted by Crippen LogP contribution is 2.29. The molecule has 4 nitrogen and oxygen atoms in total. The Hall–Kier alpha value is -1.48. The van der Waals surface area contributed by atoms with Crippen LogP contribution in [0.3, 0.4) is 0 Å². The van der Waals surface area contributed by atoms with Crippen LogP contribution in [-0.4, -0.2) is 33.8 Å². The number of hydrogen-bond acceptors (Lipinski definition) is 4. The number of piperidine rings is 1. The average molecular weight is 399 g/mol. The molecule has 140 valence electrons. The SMILES string of the molecule is CSc1ccccc1S(=O)(=O)NC1CNCCC1c1ccc(F)c(F)c1. The lowest BCUT2D eigenvalue weighted by Gasteiger charge is -2.33. The van der Waals surface area contributed by atoms with Crippen LogP contribution in [0.1, 0.15) is 17.9 Å². The summed E-state index contributed by atoms with van der Waals surface area (Å²) < 4.78 is 55.4. The molecule has 3 rings (SSSR count). The summed E-state index contributed by atoms with van der Waals surface area (Å²) in [5.41, 5.74) is 0.594. The predicted molar refractivity (Wildman–Crippen MR) is 98.9 cm³/mol. The van der Waals surface area contributed by atoms with Gasteiger partial charge in [0.25, 0.3) is 0 Å². The molecule has 0 aromatic heterocycles. The second-order valence-electron chi connectivity index (χ2n) is 6.15. The Balaban J connectivity index is 1.89. The Morgan fingerprint density at radius 2 is 1.92 bits per heavy atom. The number of rotatable bonds is 5. The van der Waals surface area contributed by atoms with Crippen molar-refractivity contribution in [3.05, 3.63) is 59.7 Å². The van der Waals surface area contributed by atoms with Gasteiger partial charge in [0.1, 0.15) is 0 Å². The fourth-order valence-corrected chi connectivity index (χ4v) is 5.65.